The summed E-state index contributed by atoms with van der Waals surface area (Å²) in [6.07, 6.45) is 1.75. The fourth-order valence-electron chi connectivity index (χ4n) is 3.85. The molecule has 3 aromatic rings. The summed E-state index contributed by atoms with van der Waals surface area (Å²) in [5.41, 5.74) is 3.23. The third kappa shape index (κ3) is 5.06. The Morgan fingerprint density at radius 2 is 1.89 bits per heavy atom. The molecule has 35 heavy (non-hydrogen) atoms. The maximum absolute atomic E-state index is 13.6. The van der Waals surface area contributed by atoms with Gasteiger partial charge in [0.05, 0.1) is 32.9 Å². The van der Waals surface area contributed by atoms with Crippen molar-refractivity contribution in [2.24, 2.45) is 4.99 Å². The number of esters is 2. The number of nitrogens with zero attached hydrogens (tertiary/aromatic N) is 2. The van der Waals surface area contributed by atoms with Crippen molar-refractivity contribution in [3.8, 4) is 5.75 Å². The Kier molecular flexibility index (Phi) is 7.18. The highest BCUT2D eigenvalue weighted by Gasteiger charge is 2.33. The third-order valence-electron chi connectivity index (χ3n) is 5.42. The number of allylic oxidation sites excluding steroid dienone is 1. The maximum atomic E-state index is 13.6. The minimum Gasteiger partial charge on any atom is -0.463 e. The number of hydrogen-bond donors (Lipinski definition) is 0. The van der Waals surface area contributed by atoms with Crippen molar-refractivity contribution in [1.29, 1.82) is 0 Å². The lowest BCUT2D eigenvalue weighted by Gasteiger charge is -2.24. The minimum absolute atomic E-state index is 0.221. The lowest BCUT2D eigenvalue weighted by atomic mass is 9.95. The third-order valence-corrected chi connectivity index (χ3v) is 7.02. The second-order valence-electron chi connectivity index (χ2n) is 8.00. The van der Waals surface area contributed by atoms with Crippen molar-refractivity contribution < 1.29 is 19.1 Å². The summed E-state index contributed by atoms with van der Waals surface area (Å²) >= 11 is 4.65. The largest absolute Gasteiger partial charge is 0.463 e. The molecule has 2 aromatic carbocycles. The first-order valence-corrected chi connectivity index (χ1v) is 12.5. The quantitative estimate of drug-likeness (QED) is 0.353. The highest BCUT2D eigenvalue weighted by atomic mass is 79.9. The first kappa shape index (κ1) is 24.8. The molecule has 180 valence electrons. The van der Waals surface area contributed by atoms with Crippen LogP contribution in [-0.2, 0) is 14.3 Å². The van der Waals surface area contributed by atoms with Gasteiger partial charge in [-0.1, -0.05) is 47.2 Å². The lowest BCUT2D eigenvalue weighted by molar-refractivity contribution is -0.139. The van der Waals surface area contributed by atoms with Gasteiger partial charge in [0.15, 0.2) is 4.80 Å². The van der Waals surface area contributed by atoms with E-state index in [0.29, 0.717) is 30.8 Å². The molecule has 0 aliphatic carbocycles. The molecule has 0 N–H and O–H groups in total. The Hall–Kier alpha value is -3.30. The van der Waals surface area contributed by atoms with Gasteiger partial charge in [0.2, 0.25) is 0 Å². The van der Waals surface area contributed by atoms with Gasteiger partial charge < -0.3 is 9.47 Å². The number of aryl methyl sites for hydroxylation is 1. The number of fused-ring (bicyclic) bond motifs is 1. The molecule has 7 nitrogen and oxygen atoms in total. The van der Waals surface area contributed by atoms with Crippen LogP contribution in [0.25, 0.3) is 6.08 Å². The monoisotopic (exact) mass is 554 g/mol. The molecule has 1 aromatic heterocycles. The molecule has 0 fully saturated rings. The van der Waals surface area contributed by atoms with Gasteiger partial charge in [0.25, 0.3) is 5.56 Å². The van der Waals surface area contributed by atoms with Crippen molar-refractivity contribution in [3.63, 3.8) is 0 Å². The number of rotatable bonds is 5. The second kappa shape index (κ2) is 10.1. The molecule has 0 saturated carbocycles. The SMILES string of the molecule is CCOC(=O)C1=C(C)N=c2s/c(=C\c3ccc(OC(C)=O)c(Br)c3)c(=O)n2[C@@H]1c1ccc(C)cc1. The number of carbonyl (C=O) groups excluding carboxylic acids is 2. The highest BCUT2D eigenvalue weighted by molar-refractivity contribution is 9.10. The molecule has 0 amide bonds. The van der Waals surface area contributed by atoms with Crippen molar-refractivity contribution in [1.82, 2.24) is 4.57 Å². The van der Waals surface area contributed by atoms with E-state index in [-0.39, 0.29) is 12.2 Å². The molecule has 4 rings (SSSR count). The van der Waals surface area contributed by atoms with Gasteiger partial charge in [-0.3, -0.25) is 14.2 Å². The van der Waals surface area contributed by atoms with Gasteiger partial charge in [-0.25, -0.2) is 9.79 Å². The zero-order chi connectivity index (χ0) is 25.3. The second-order valence-corrected chi connectivity index (χ2v) is 9.86. The van der Waals surface area contributed by atoms with E-state index in [4.69, 9.17) is 9.47 Å². The van der Waals surface area contributed by atoms with Gasteiger partial charge in [-0.15, -0.1) is 0 Å². The van der Waals surface area contributed by atoms with Crippen LogP contribution < -0.4 is 19.6 Å². The molecule has 0 saturated heterocycles. The molecule has 1 atom stereocenters. The lowest BCUT2D eigenvalue weighted by Crippen LogP contribution is -2.39. The number of aromatic nitrogens is 1. The topological polar surface area (TPSA) is 87.0 Å². The van der Waals surface area contributed by atoms with Crippen molar-refractivity contribution >= 4 is 45.3 Å². The van der Waals surface area contributed by atoms with Crippen molar-refractivity contribution in [2.75, 3.05) is 6.61 Å². The Morgan fingerprint density at radius 1 is 1.17 bits per heavy atom. The molecule has 2 heterocycles. The number of hydrogen-bond acceptors (Lipinski definition) is 7. The van der Waals surface area contributed by atoms with Crippen LogP contribution in [0.1, 0.15) is 43.5 Å². The molecule has 0 unspecified atom stereocenters. The van der Waals surface area contributed by atoms with Crippen LogP contribution in [0.5, 0.6) is 5.75 Å². The van der Waals surface area contributed by atoms with Crippen LogP contribution in [-0.4, -0.2) is 23.1 Å². The first-order valence-electron chi connectivity index (χ1n) is 10.9. The highest BCUT2D eigenvalue weighted by Crippen LogP contribution is 2.31. The molecular weight excluding hydrogens is 532 g/mol. The Bertz CT molecular complexity index is 1530. The van der Waals surface area contributed by atoms with E-state index in [2.05, 4.69) is 20.9 Å². The van der Waals surface area contributed by atoms with Gasteiger partial charge in [-0.05, 0) is 66.0 Å². The average Bonchev–Trinajstić information content (AvgIpc) is 3.09. The maximum Gasteiger partial charge on any atom is 0.338 e. The van der Waals surface area contributed by atoms with E-state index in [0.717, 1.165) is 16.7 Å². The first-order chi connectivity index (χ1) is 16.7. The summed E-state index contributed by atoms with van der Waals surface area (Å²) in [5.74, 6) is -0.514. The van der Waals surface area contributed by atoms with Gasteiger partial charge >= 0.3 is 11.9 Å². The van der Waals surface area contributed by atoms with Crippen LogP contribution in [0.15, 0.2) is 68.0 Å². The van der Waals surface area contributed by atoms with Crippen LogP contribution >= 0.6 is 27.3 Å². The summed E-state index contributed by atoms with van der Waals surface area (Å²) in [5, 5.41) is 0. The average molecular weight is 555 g/mol. The summed E-state index contributed by atoms with van der Waals surface area (Å²) in [4.78, 5) is 42.9. The molecule has 0 bridgehead atoms. The van der Waals surface area contributed by atoms with E-state index in [9.17, 15) is 14.4 Å². The molecular formula is C26H23BrN2O5S. The van der Waals surface area contributed by atoms with Crippen LogP contribution in [0.2, 0.25) is 0 Å². The number of halogens is 1. The summed E-state index contributed by atoms with van der Waals surface area (Å²) in [6, 6.07) is 12.3. The number of carbonyl (C=O) groups is 2. The smallest absolute Gasteiger partial charge is 0.338 e. The van der Waals surface area contributed by atoms with Crippen LogP contribution in [0.4, 0.5) is 0 Å². The zero-order valence-electron chi connectivity index (χ0n) is 19.6. The fourth-order valence-corrected chi connectivity index (χ4v) is 5.38. The summed E-state index contributed by atoms with van der Waals surface area (Å²) < 4.78 is 13.1. The molecule has 1 aliphatic heterocycles. The zero-order valence-corrected chi connectivity index (χ0v) is 22.0. The molecule has 0 spiro atoms. The van der Waals surface area contributed by atoms with Crippen LogP contribution in [0, 0.1) is 6.92 Å². The van der Waals surface area contributed by atoms with E-state index >= 15 is 0 Å². The Balaban J connectivity index is 1.88. The normalized spacial score (nSPS) is 15.5. The molecule has 9 heteroatoms. The van der Waals surface area contributed by atoms with Crippen molar-refractivity contribution in [2.45, 2.75) is 33.7 Å². The van der Waals surface area contributed by atoms with Crippen molar-refractivity contribution in [3.05, 3.63) is 94.6 Å². The number of benzene rings is 2. The standard InChI is InChI=1S/C26H23BrN2O5S/c1-5-33-25(32)22-15(3)28-26-29(23(22)18-9-6-14(2)7-10-18)24(31)21(35-26)13-17-8-11-20(19(27)12-17)34-16(4)30/h6-13,23H,5H2,1-4H3/b21-13-/t23-/m1/s1. The minimum atomic E-state index is -0.647. The van der Waals surface area contributed by atoms with Gasteiger partial charge in [0.1, 0.15) is 5.75 Å². The Labute approximate surface area is 214 Å². The number of thiazole rings is 1. The predicted octanol–water partition coefficient (Wildman–Crippen LogP) is 3.79. The van der Waals surface area contributed by atoms with E-state index in [1.54, 1.807) is 42.7 Å². The molecule has 1 aliphatic rings. The van der Waals surface area contributed by atoms with Crippen LogP contribution in [0.3, 0.4) is 0 Å². The van der Waals surface area contributed by atoms with E-state index in [1.807, 2.05) is 31.2 Å². The predicted molar refractivity (Wildman–Crippen MR) is 137 cm³/mol. The van der Waals surface area contributed by atoms with Gasteiger partial charge in [-0.2, -0.15) is 0 Å². The molecule has 0 radical (unpaired) electrons. The van der Waals surface area contributed by atoms with Gasteiger partial charge in [0, 0.05) is 6.92 Å². The fraction of sp³-hybridized carbons (Fsp3) is 0.231. The summed E-state index contributed by atoms with van der Waals surface area (Å²) in [7, 11) is 0. The summed E-state index contributed by atoms with van der Waals surface area (Å²) in [6.45, 7) is 7.04. The number of ether oxygens (including phenoxy) is 2. The Morgan fingerprint density at radius 3 is 2.51 bits per heavy atom. The van der Waals surface area contributed by atoms with E-state index < -0.39 is 18.0 Å². The van der Waals surface area contributed by atoms with E-state index in [1.165, 1.54) is 18.3 Å².